The number of hydrogen-bond acceptors (Lipinski definition) is 2. The van der Waals surface area contributed by atoms with Crippen molar-refractivity contribution in [2.45, 2.75) is 20.0 Å². The third-order valence-corrected chi connectivity index (χ3v) is 2.82. The molecule has 1 aromatic carbocycles. The second kappa shape index (κ2) is 6.64. The van der Waals surface area contributed by atoms with Gasteiger partial charge in [0, 0.05) is 36.7 Å². The lowest BCUT2D eigenvalue weighted by molar-refractivity contribution is 0.292. The molecular formula is C13H19ClN2O. The summed E-state index contributed by atoms with van der Waals surface area (Å²) in [5.74, 6) is 0. The molecule has 1 heterocycles. The van der Waals surface area contributed by atoms with Gasteiger partial charge in [-0.15, -0.1) is 12.4 Å². The largest absolute Gasteiger partial charge is 0.395 e. The second-order valence-corrected chi connectivity index (χ2v) is 3.86. The Morgan fingerprint density at radius 2 is 2.06 bits per heavy atom. The van der Waals surface area contributed by atoms with E-state index in [0.29, 0.717) is 6.54 Å². The van der Waals surface area contributed by atoms with E-state index < -0.39 is 0 Å². The summed E-state index contributed by atoms with van der Waals surface area (Å²) in [4.78, 5) is 0. The number of nitrogens with zero attached hydrogens (tertiary/aromatic N) is 1. The molecule has 0 radical (unpaired) electrons. The predicted octanol–water partition coefficient (Wildman–Crippen LogP) is 2.16. The second-order valence-electron chi connectivity index (χ2n) is 3.86. The number of para-hydroxylation sites is 1. The van der Waals surface area contributed by atoms with E-state index in [0.717, 1.165) is 13.1 Å². The number of halogens is 1. The molecule has 0 saturated carbocycles. The number of benzene rings is 1. The molecule has 2 N–H and O–H groups in total. The van der Waals surface area contributed by atoms with E-state index in [9.17, 15) is 0 Å². The first-order chi connectivity index (χ1) is 7.86. The van der Waals surface area contributed by atoms with Gasteiger partial charge in [0.1, 0.15) is 0 Å². The maximum atomic E-state index is 8.74. The maximum Gasteiger partial charge on any atom is 0.0556 e. The normalized spacial score (nSPS) is 10.5. The van der Waals surface area contributed by atoms with Crippen molar-refractivity contribution < 1.29 is 5.11 Å². The van der Waals surface area contributed by atoms with Crippen molar-refractivity contribution in [1.29, 1.82) is 0 Å². The fourth-order valence-corrected chi connectivity index (χ4v) is 2.03. The van der Waals surface area contributed by atoms with E-state index in [1.54, 1.807) is 0 Å². The summed E-state index contributed by atoms with van der Waals surface area (Å²) in [5.41, 5.74) is 2.58. The SMILES string of the molecule is CCn1cc(CNCCO)c2ccccc21.Cl. The minimum atomic E-state index is 0. The number of hydrogen-bond donors (Lipinski definition) is 2. The number of aryl methyl sites for hydroxylation is 1. The molecule has 0 spiro atoms. The van der Waals surface area contributed by atoms with Crippen LogP contribution in [-0.2, 0) is 13.1 Å². The Morgan fingerprint density at radius 3 is 2.76 bits per heavy atom. The lowest BCUT2D eigenvalue weighted by Gasteiger charge is -2.00. The van der Waals surface area contributed by atoms with Gasteiger partial charge in [0.15, 0.2) is 0 Å². The van der Waals surface area contributed by atoms with Gasteiger partial charge in [0.05, 0.1) is 6.61 Å². The topological polar surface area (TPSA) is 37.2 Å². The number of aliphatic hydroxyl groups is 1. The van der Waals surface area contributed by atoms with Crippen LogP contribution in [0.5, 0.6) is 0 Å². The first kappa shape index (κ1) is 14.0. The molecule has 2 aromatic rings. The molecule has 0 aliphatic rings. The van der Waals surface area contributed by atoms with E-state index >= 15 is 0 Å². The Kier molecular flexibility index (Phi) is 5.48. The van der Waals surface area contributed by atoms with E-state index in [1.165, 1.54) is 16.5 Å². The molecule has 94 valence electrons. The zero-order valence-corrected chi connectivity index (χ0v) is 10.8. The summed E-state index contributed by atoms with van der Waals surface area (Å²) < 4.78 is 2.26. The van der Waals surface area contributed by atoms with Gasteiger partial charge >= 0.3 is 0 Å². The van der Waals surface area contributed by atoms with Gasteiger partial charge in [0.2, 0.25) is 0 Å². The average Bonchev–Trinajstić information content (AvgIpc) is 2.68. The van der Waals surface area contributed by atoms with Crippen LogP contribution < -0.4 is 5.32 Å². The number of nitrogens with one attached hydrogen (secondary N) is 1. The molecule has 0 bridgehead atoms. The molecule has 0 aliphatic heterocycles. The molecule has 0 saturated heterocycles. The minimum Gasteiger partial charge on any atom is -0.395 e. The van der Waals surface area contributed by atoms with Crippen molar-refractivity contribution in [3.63, 3.8) is 0 Å². The van der Waals surface area contributed by atoms with Crippen LogP contribution in [0.1, 0.15) is 12.5 Å². The molecule has 0 unspecified atom stereocenters. The molecule has 0 fully saturated rings. The average molecular weight is 255 g/mol. The van der Waals surface area contributed by atoms with Crippen LogP contribution in [0.15, 0.2) is 30.5 Å². The van der Waals surface area contributed by atoms with Crippen LogP contribution >= 0.6 is 12.4 Å². The van der Waals surface area contributed by atoms with Crippen LogP contribution in [0, 0.1) is 0 Å². The highest BCUT2D eigenvalue weighted by Crippen LogP contribution is 2.20. The van der Waals surface area contributed by atoms with E-state index in [1.807, 2.05) is 0 Å². The molecule has 1 aromatic heterocycles. The zero-order valence-electron chi connectivity index (χ0n) is 10.0. The summed E-state index contributed by atoms with van der Waals surface area (Å²) >= 11 is 0. The molecule has 17 heavy (non-hydrogen) atoms. The fraction of sp³-hybridized carbons (Fsp3) is 0.385. The maximum absolute atomic E-state index is 8.74. The van der Waals surface area contributed by atoms with Crippen molar-refractivity contribution in [2.24, 2.45) is 0 Å². The summed E-state index contributed by atoms with van der Waals surface area (Å²) in [5, 5.41) is 13.3. The number of aliphatic hydroxyl groups excluding tert-OH is 1. The van der Waals surface area contributed by atoms with Gasteiger partial charge in [-0.2, -0.15) is 0 Å². The lowest BCUT2D eigenvalue weighted by atomic mass is 10.2. The van der Waals surface area contributed by atoms with Crippen molar-refractivity contribution in [3.05, 3.63) is 36.0 Å². The molecule has 0 amide bonds. The first-order valence-corrected chi connectivity index (χ1v) is 5.75. The summed E-state index contributed by atoms with van der Waals surface area (Å²) in [6.07, 6.45) is 2.19. The lowest BCUT2D eigenvalue weighted by Crippen LogP contribution is -2.17. The van der Waals surface area contributed by atoms with E-state index in [-0.39, 0.29) is 19.0 Å². The van der Waals surface area contributed by atoms with Gasteiger partial charge < -0.3 is 15.0 Å². The Bertz CT molecular complexity index is 467. The highest BCUT2D eigenvalue weighted by molar-refractivity contribution is 5.85. The third-order valence-electron chi connectivity index (χ3n) is 2.82. The smallest absolute Gasteiger partial charge is 0.0556 e. The summed E-state index contributed by atoms with van der Waals surface area (Å²) in [6.45, 7) is 4.78. The summed E-state index contributed by atoms with van der Waals surface area (Å²) in [7, 11) is 0. The molecule has 3 nitrogen and oxygen atoms in total. The van der Waals surface area contributed by atoms with Crippen LogP contribution in [0.3, 0.4) is 0 Å². The fourth-order valence-electron chi connectivity index (χ4n) is 2.03. The molecule has 0 atom stereocenters. The number of aromatic nitrogens is 1. The van der Waals surface area contributed by atoms with Crippen molar-refractivity contribution in [2.75, 3.05) is 13.2 Å². The first-order valence-electron chi connectivity index (χ1n) is 5.75. The minimum absolute atomic E-state index is 0. The van der Waals surface area contributed by atoms with Crippen LogP contribution in [0.25, 0.3) is 10.9 Å². The quantitative estimate of drug-likeness (QED) is 0.803. The number of rotatable bonds is 5. The summed E-state index contributed by atoms with van der Waals surface area (Å²) in [6, 6.07) is 8.43. The zero-order chi connectivity index (χ0) is 11.4. The Hall–Kier alpha value is -1.03. The van der Waals surface area contributed by atoms with E-state index in [2.05, 4.69) is 47.3 Å². The number of fused-ring (bicyclic) bond motifs is 1. The van der Waals surface area contributed by atoms with Gasteiger partial charge in [-0.1, -0.05) is 18.2 Å². The third kappa shape index (κ3) is 3.00. The van der Waals surface area contributed by atoms with E-state index in [4.69, 9.17) is 5.11 Å². The van der Waals surface area contributed by atoms with Crippen molar-refractivity contribution in [3.8, 4) is 0 Å². The molecular weight excluding hydrogens is 236 g/mol. The molecule has 4 heteroatoms. The standard InChI is InChI=1S/C13H18N2O.ClH/c1-2-15-10-11(9-14-7-8-16)12-5-3-4-6-13(12)15;/h3-6,10,14,16H,2,7-9H2,1H3;1H. The molecule has 0 aliphatic carbocycles. The highest BCUT2D eigenvalue weighted by atomic mass is 35.5. The Balaban J connectivity index is 0.00000144. The predicted molar refractivity (Wildman–Crippen MR) is 73.7 cm³/mol. The monoisotopic (exact) mass is 254 g/mol. The molecule has 2 rings (SSSR count). The highest BCUT2D eigenvalue weighted by Gasteiger charge is 2.05. The van der Waals surface area contributed by atoms with Crippen LogP contribution in [0.2, 0.25) is 0 Å². The van der Waals surface area contributed by atoms with Gasteiger partial charge in [-0.25, -0.2) is 0 Å². The van der Waals surface area contributed by atoms with Crippen LogP contribution in [-0.4, -0.2) is 22.8 Å². The van der Waals surface area contributed by atoms with Crippen molar-refractivity contribution in [1.82, 2.24) is 9.88 Å². The Morgan fingerprint density at radius 1 is 1.29 bits per heavy atom. The van der Waals surface area contributed by atoms with Crippen molar-refractivity contribution >= 4 is 23.3 Å². The van der Waals surface area contributed by atoms with Crippen LogP contribution in [0.4, 0.5) is 0 Å². The Labute approximate surface area is 108 Å². The van der Waals surface area contributed by atoms with Gasteiger partial charge in [-0.3, -0.25) is 0 Å². The van der Waals surface area contributed by atoms with Gasteiger partial charge in [-0.05, 0) is 18.6 Å². The van der Waals surface area contributed by atoms with Gasteiger partial charge in [0.25, 0.3) is 0 Å².